The number of ether oxygens (including phenoxy) is 2. The molecule has 0 aliphatic rings. The van der Waals surface area contributed by atoms with Gasteiger partial charge in [0.15, 0.2) is 6.10 Å². The van der Waals surface area contributed by atoms with Crippen LogP contribution in [0.3, 0.4) is 0 Å². The normalized spacial score (nSPS) is 12.5. The largest absolute Gasteiger partial charge is 0.462 e. The molecule has 338 valence electrons. The first-order valence-corrected chi connectivity index (χ1v) is 25.2. The minimum absolute atomic E-state index is 0.0676. The van der Waals surface area contributed by atoms with Gasteiger partial charge in [0.2, 0.25) is 0 Å². The molecule has 0 aliphatic heterocycles. The monoisotopic (exact) mass is 813 g/mol. The summed E-state index contributed by atoms with van der Waals surface area (Å²) in [5.74, 6) is -0.591. The maximum absolute atomic E-state index is 12.3. The average Bonchev–Trinajstić information content (AvgIpc) is 3.23. The van der Waals surface area contributed by atoms with E-state index in [9.17, 15) is 14.7 Å². The summed E-state index contributed by atoms with van der Waals surface area (Å²) in [4.78, 5) is 24.4. The standard InChI is InChI=1S/C53H96O5/c1-3-5-7-9-11-13-15-17-19-21-22-23-24-25-26-27-28-29-30-32-34-36-38-40-42-44-46-48-53(56)58-51(49-54)50-57-52(55)47-45-43-41-39-37-35-33-31-20-18-16-14-12-10-8-6-4-2/h15,17-18,20-22,24-25,51,54H,3-14,16,19,23,26-50H2,1-2H3/b17-15-,20-18-,22-21-,25-24-. The van der Waals surface area contributed by atoms with Crippen LogP contribution in [-0.2, 0) is 19.1 Å². The van der Waals surface area contributed by atoms with Crippen LogP contribution in [0.5, 0.6) is 0 Å². The molecule has 0 bridgehead atoms. The highest BCUT2D eigenvalue weighted by Crippen LogP contribution is 2.15. The lowest BCUT2D eigenvalue weighted by atomic mass is 10.0. The Morgan fingerprint density at radius 3 is 1.05 bits per heavy atom. The van der Waals surface area contributed by atoms with Crippen LogP contribution < -0.4 is 0 Å². The number of unbranched alkanes of at least 4 members (excludes halogenated alkanes) is 30. The molecule has 5 heteroatoms. The number of carbonyl (C=O) groups excluding carboxylic acids is 2. The third-order valence-electron chi connectivity index (χ3n) is 11.1. The van der Waals surface area contributed by atoms with Crippen molar-refractivity contribution >= 4 is 11.9 Å². The van der Waals surface area contributed by atoms with Gasteiger partial charge in [-0.15, -0.1) is 0 Å². The van der Waals surface area contributed by atoms with Crippen LogP contribution in [0.15, 0.2) is 48.6 Å². The van der Waals surface area contributed by atoms with E-state index in [-0.39, 0.29) is 25.2 Å². The van der Waals surface area contributed by atoms with E-state index < -0.39 is 6.10 Å². The second-order valence-corrected chi connectivity index (χ2v) is 16.9. The first-order chi connectivity index (χ1) is 28.6. The van der Waals surface area contributed by atoms with E-state index in [0.717, 1.165) is 51.4 Å². The Hall–Kier alpha value is -2.14. The van der Waals surface area contributed by atoms with Crippen molar-refractivity contribution in [3.8, 4) is 0 Å². The van der Waals surface area contributed by atoms with Gasteiger partial charge in [-0.25, -0.2) is 0 Å². The minimum Gasteiger partial charge on any atom is -0.462 e. The first kappa shape index (κ1) is 55.9. The van der Waals surface area contributed by atoms with Gasteiger partial charge in [-0.1, -0.05) is 217 Å². The zero-order valence-electron chi connectivity index (χ0n) is 38.6. The van der Waals surface area contributed by atoms with Crippen LogP contribution in [0.4, 0.5) is 0 Å². The van der Waals surface area contributed by atoms with Crippen molar-refractivity contribution in [1.82, 2.24) is 0 Å². The highest BCUT2D eigenvalue weighted by atomic mass is 16.6. The van der Waals surface area contributed by atoms with E-state index in [1.54, 1.807) is 0 Å². The summed E-state index contributed by atoms with van der Waals surface area (Å²) in [6.07, 6.45) is 63.4. The van der Waals surface area contributed by atoms with E-state index in [2.05, 4.69) is 62.5 Å². The number of aliphatic hydroxyl groups is 1. The topological polar surface area (TPSA) is 72.8 Å². The molecule has 0 saturated carbocycles. The van der Waals surface area contributed by atoms with Gasteiger partial charge in [-0.3, -0.25) is 9.59 Å². The third kappa shape index (κ3) is 46.5. The van der Waals surface area contributed by atoms with Crippen LogP contribution >= 0.6 is 0 Å². The van der Waals surface area contributed by atoms with E-state index in [4.69, 9.17) is 9.47 Å². The quantitative estimate of drug-likeness (QED) is 0.0376. The second-order valence-electron chi connectivity index (χ2n) is 16.9. The Bertz CT molecular complexity index is 966. The molecule has 0 heterocycles. The highest BCUT2D eigenvalue weighted by molar-refractivity contribution is 5.70. The summed E-state index contributed by atoms with van der Waals surface area (Å²) < 4.78 is 10.7. The Kier molecular flexibility index (Phi) is 47.4. The zero-order chi connectivity index (χ0) is 42.1. The fraction of sp³-hybridized carbons (Fsp3) is 0.811. The molecule has 1 unspecified atom stereocenters. The lowest BCUT2D eigenvalue weighted by molar-refractivity contribution is -0.161. The lowest BCUT2D eigenvalue weighted by Gasteiger charge is -2.15. The number of allylic oxidation sites excluding steroid dienone is 8. The molecular weight excluding hydrogens is 717 g/mol. The summed E-state index contributed by atoms with van der Waals surface area (Å²) in [5.41, 5.74) is 0. The predicted octanol–water partition coefficient (Wildman–Crippen LogP) is 16.5. The SMILES string of the molecule is CCCCCCC/C=C\C/C=C\C/C=C\CCCCCCCCCCCCCCC(=O)OC(CO)COC(=O)CCCCCCCCC/C=C\CCCCCCCC. The summed E-state index contributed by atoms with van der Waals surface area (Å²) in [7, 11) is 0. The Morgan fingerprint density at radius 1 is 0.397 bits per heavy atom. The van der Waals surface area contributed by atoms with E-state index in [1.807, 2.05) is 0 Å². The summed E-state index contributed by atoms with van der Waals surface area (Å²) in [6.45, 7) is 4.14. The fourth-order valence-electron chi connectivity index (χ4n) is 7.26. The molecule has 1 atom stereocenters. The fourth-order valence-corrected chi connectivity index (χ4v) is 7.26. The van der Waals surface area contributed by atoms with Crippen LogP contribution in [0, 0.1) is 0 Å². The molecule has 0 aromatic rings. The van der Waals surface area contributed by atoms with Gasteiger partial charge < -0.3 is 14.6 Å². The molecule has 58 heavy (non-hydrogen) atoms. The number of esters is 2. The summed E-state index contributed by atoms with van der Waals surface area (Å²) >= 11 is 0. The predicted molar refractivity (Wildman–Crippen MR) is 251 cm³/mol. The summed E-state index contributed by atoms with van der Waals surface area (Å²) in [6, 6.07) is 0. The number of carbonyl (C=O) groups is 2. The molecule has 0 rings (SSSR count). The molecule has 0 aliphatic carbocycles. The maximum atomic E-state index is 12.3. The second kappa shape index (κ2) is 49.2. The number of rotatable bonds is 46. The van der Waals surface area contributed by atoms with Crippen LogP contribution in [0.1, 0.15) is 258 Å². The lowest BCUT2D eigenvalue weighted by Crippen LogP contribution is -2.28. The van der Waals surface area contributed by atoms with E-state index in [1.165, 1.54) is 180 Å². The number of hydrogen-bond acceptors (Lipinski definition) is 5. The summed E-state index contributed by atoms with van der Waals surface area (Å²) in [5, 5.41) is 9.62. The Balaban J connectivity index is 3.50. The molecule has 0 saturated heterocycles. The Labute approximate surface area is 360 Å². The molecule has 0 radical (unpaired) electrons. The van der Waals surface area contributed by atoms with Crippen molar-refractivity contribution < 1.29 is 24.2 Å². The molecular formula is C53H96O5. The molecule has 0 fully saturated rings. The van der Waals surface area contributed by atoms with Crippen molar-refractivity contribution in [2.24, 2.45) is 0 Å². The van der Waals surface area contributed by atoms with E-state index >= 15 is 0 Å². The van der Waals surface area contributed by atoms with Crippen molar-refractivity contribution in [1.29, 1.82) is 0 Å². The Morgan fingerprint density at radius 2 is 0.690 bits per heavy atom. The maximum Gasteiger partial charge on any atom is 0.306 e. The van der Waals surface area contributed by atoms with Crippen molar-refractivity contribution in [2.75, 3.05) is 13.2 Å². The van der Waals surface area contributed by atoms with E-state index in [0.29, 0.717) is 12.8 Å². The molecule has 1 N–H and O–H groups in total. The van der Waals surface area contributed by atoms with Crippen LogP contribution in [0.25, 0.3) is 0 Å². The van der Waals surface area contributed by atoms with Gasteiger partial charge >= 0.3 is 11.9 Å². The van der Waals surface area contributed by atoms with Crippen LogP contribution in [-0.4, -0.2) is 36.4 Å². The third-order valence-corrected chi connectivity index (χ3v) is 11.1. The molecule has 0 aromatic heterocycles. The van der Waals surface area contributed by atoms with Gasteiger partial charge in [0.1, 0.15) is 6.61 Å². The van der Waals surface area contributed by atoms with Crippen LogP contribution in [0.2, 0.25) is 0 Å². The molecule has 5 nitrogen and oxygen atoms in total. The number of aliphatic hydroxyl groups excluding tert-OH is 1. The van der Waals surface area contributed by atoms with Crippen molar-refractivity contribution in [3.63, 3.8) is 0 Å². The zero-order valence-corrected chi connectivity index (χ0v) is 38.6. The highest BCUT2D eigenvalue weighted by Gasteiger charge is 2.16. The molecule has 0 amide bonds. The average molecular weight is 813 g/mol. The van der Waals surface area contributed by atoms with Gasteiger partial charge in [0.25, 0.3) is 0 Å². The molecule has 0 spiro atoms. The van der Waals surface area contributed by atoms with Crippen molar-refractivity contribution in [3.05, 3.63) is 48.6 Å². The van der Waals surface area contributed by atoms with Gasteiger partial charge in [0, 0.05) is 12.8 Å². The van der Waals surface area contributed by atoms with Crippen molar-refractivity contribution in [2.45, 2.75) is 264 Å². The van der Waals surface area contributed by atoms with Gasteiger partial charge in [0.05, 0.1) is 6.61 Å². The number of hydrogen-bond donors (Lipinski definition) is 1. The first-order valence-electron chi connectivity index (χ1n) is 25.2. The smallest absolute Gasteiger partial charge is 0.306 e. The van der Waals surface area contributed by atoms with Gasteiger partial charge in [-0.05, 0) is 77.0 Å². The van der Waals surface area contributed by atoms with Gasteiger partial charge in [-0.2, -0.15) is 0 Å². The minimum atomic E-state index is -0.775. The molecule has 0 aromatic carbocycles.